The van der Waals surface area contributed by atoms with Gasteiger partial charge >= 0.3 is 11.9 Å². The third-order valence-electron chi connectivity index (χ3n) is 2.28. The highest BCUT2D eigenvalue weighted by molar-refractivity contribution is 5.97. The molecule has 0 aliphatic heterocycles. The third-order valence-corrected chi connectivity index (χ3v) is 2.28. The molecule has 3 N–H and O–H groups in total. The quantitative estimate of drug-likeness (QED) is 0.670. The van der Waals surface area contributed by atoms with E-state index in [4.69, 9.17) is 10.2 Å². The highest BCUT2D eigenvalue weighted by atomic mass is 19.1. The summed E-state index contributed by atoms with van der Waals surface area (Å²) < 4.78 is 13.4. The molecule has 0 saturated carbocycles. The Morgan fingerprint density at radius 1 is 1.24 bits per heavy atom. The van der Waals surface area contributed by atoms with Crippen molar-refractivity contribution in [1.29, 1.82) is 0 Å². The van der Waals surface area contributed by atoms with Crippen LogP contribution in [-0.4, -0.2) is 28.2 Å². The molecule has 0 aromatic heterocycles. The van der Waals surface area contributed by atoms with Gasteiger partial charge in [0, 0.05) is 11.6 Å². The van der Waals surface area contributed by atoms with Crippen molar-refractivity contribution in [3.05, 3.63) is 35.6 Å². The molecule has 0 bridgehead atoms. The van der Waals surface area contributed by atoms with Crippen LogP contribution >= 0.6 is 0 Å². The van der Waals surface area contributed by atoms with Crippen LogP contribution in [0.25, 0.3) is 0 Å². The summed E-state index contributed by atoms with van der Waals surface area (Å²) in [5.74, 6) is -3.54. The van der Waals surface area contributed by atoms with Gasteiger partial charge in [-0.25, -0.2) is 14.0 Å². The van der Waals surface area contributed by atoms with Crippen LogP contribution in [-0.2, 0) is 9.59 Å². The first kappa shape index (κ1) is 13.1. The molecular weight excluding hydrogens is 229 g/mol. The summed E-state index contributed by atoms with van der Waals surface area (Å²) in [4.78, 5) is 21.3. The summed E-state index contributed by atoms with van der Waals surface area (Å²) in [6.07, 6.45) is 0. The number of rotatable bonds is 5. The highest BCUT2D eigenvalue weighted by Crippen LogP contribution is 2.16. The SMILES string of the molecule is CC(NC(C(=O)O)C(=O)O)c1ccccc1F. The van der Waals surface area contributed by atoms with Crippen LogP contribution in [0.4, 0.5) is 4.39 Å². The van der Waals surface area contributed by atoms with Gasteiger partial charge in [-0.3, -0.25) is 5.32 Å². The molecule has 0 radical (unpaired) electrons. The molecule has 92 valence electrons. The first-order valence-corrected chi connectivity index (χ1v) is 4.89. The Kier molecular flexibility index (Phi) is 4.17. The average Bonchev–Trinajstić information content (AvgIpc) is 2.25. The number of halogens is 1. The Labute approximate surface area is 96.9 Å². The molecule has 0 spiro atoms. The predicted octanol–water partition coefficient (Wildman–Crippen LogP) is 1.01. The number of hydrogen-bond donors (Lipinski definition) is 3. The third kappa shape index (κ3) is 3.25. The predicted molar refractivity (Wildman–Crippen MR) is 57.0 cm³/mol. The smallest absolute Gasteiger partial charge is 0.332 e. The highest BCUT2D eigenvalue weighted by Gasteiger charge is 2.28. The number of aliphatic carboxylic acids is 2. The molecule has 0 aliphatic carbocycles. The molecule has 0 heterocycles. The summed E-state index contributed by atoms with van der Waals surface area (Å²) in [5, 5.41) is 19.7. The van der Waals surface area contributed by atoms with Crippen LogP contribution in [0.2, 0.25) is 0 Å². The van der Waals surface area contributed by atoms with Crippen LogP contribution < -0.4 is 5.32 Å². The van der Waals surface area contributed by atoms with Crippen molar-refractivity contribution in [3.8, 4) is 0 Å². The van der Waals surface area contributed by atoms with Gasteiger partial charge in [0.15, 0.2) is 0 Å². The van der Waals surface area contributed by atoms with Crippen molar-refractivity contribution in [2.75, 3.05) is 0 Å². The Morgan fingerprint density at radius 2 is 1.76 bits per heavy atom. The lowest BCUT2D eigenvalue weighted by Crippen LogP contribution is -2.44. The van der Waals surface area contributed by atoms with Crippen molar-refractivity contribution in [2.24, 2.45) is 0 Å². The van der Waals surface area contributed by atoms with E-state index in [9.17, 15) is 14.0 Å². The van der Waals surface area contributed by atoms with Gasteiger partial charge in [0.2, 0.25) is 6.04 Å². The second-order valence-electron chi connectivity index (χ2n) is 3.52. The van der Waals surface area contributed by atoms with E-state index < -0.39 is 29.8 Å². The minimum atomic E-state index is -1.76. The van der Waals surface area contributed by atoms with E-state index in [0.717, 1.165) is 0 Å². The molecule has 1 unspecified atom stereocenters. The summed E-state index contributed by atoms with van der Waals surface area (Å²) >= 11 is 0. The largest absolute Gasteiger partial charge is 0.480 e. The molecular formula is C11H12FNO4. The number of nitrogens with one attached hydrogen (secondary N) is 1. The number of carboxylic acids is 2. The number of carboxylic acid groups (broad SMARTS) is 2. The fraction of sp³-hybridized carbons (Fsp3) is 0.273. The Hall–Kier alpha value is -1.95. The zero-order chi connectivity index (χ0) is 13.0. The molecule has 1 aromatic carbocycles. The number of benzene rings is 1. The summed E-state index contributed by atoms with van der Waals surface area (Å²) in [5.41, 5.74) is 0.222. The maximum atomic E-state index is 13.4. The number of carbonyl (C=O) groups is 2. The van der Waals surface area contributed by atoms with Crippen LogP contribution in [0, 0.1) is 5.82 Å². The lowest BCUT2D eigenvalue weighted by molar-refractivity contribution is -0.151. The zero-order valence-electron chi connectivity index (χ0n) is 9.05. The van der Waals surface area contributed by atoms with Gasteiger partial charge in [-0.15, -0.1) is 0 Å². The van der Waals surface area contributed by atoms with Crippen molar-refractivity contribution >= 4 is 11.9 Å². The molecule has 1 rings (SSSR count). The van der Waals surface area contributed by atoms with Gasteiger partial charge in [0.05, 0.1) is 0 Å². The lowest BCUT2D eigenvalue weighted by atomic mass is 10.1. The molecule has 1 aromatic rings. The van der Waals surface area contributed by atoms with Crippen LogP contribution in [0.1, 0.15) is 18.5 Å². The first-order chi connectivity index (χ1) is 7.93. The van der Waals surface area contributed by atoms with E-state index in [2.05, 4.69) is 5.32 Å². The monoisotopic (exact) mass is 241 g/mol. The van der Waals surface area contributed by atoms with E-state index in [-0.39, 0.29) is 5.56 Å². The molecule has 5 nitrogen and oxygen atoms in total. The van der Waals surface area contributed by atoms with Gasteiger partial charge in [-0.05, 0) is 13.0 Å². The molecule has 0 saturated heterocycles. The van der Waals surface area contributed by atoms with E-state index in [1.54, 1.807) is 6.07 Å². The van der Waals surface area contributed by atoms with E-state index in [1.165, 1.54) is 25.1 Å². The van der Waals surface area contributed by atoms with Crippen molar-refractivity contribution in [3.63, 3.8) is 0 Å². The van der Waals surface area contributed by atoms with Crippen molar-refractivity contribution in [1.82, 2.24) is 5.32 Å². The normalized spacial score (nSPS) is 12.4. The minimum Gasteiger partial charge on any atom is -0.480 e. The molecule has 6 heteroatoms. The summed E-state index contributed by atoms with van der Waals surface area (Å²) in [7, 11) is 0. The molecule has 1 atom stereocenters. The van der Waals surface area contributed by atoms with E-state index in [1.807, 2.05) is 0 Å². The number of hydrogen-bond acceptors (Lipinski definition) is 3. The molecule has 0 fully saturated rings. The summed E-state index contributed by atoms with van der Waals surface area (Å²) in [6.45, 7) is 1.50. The van der Waals surface area contributed by atoms with Crippen LogP contribution in [0.5, 0.6) is 0 Å². The van der Waals surface area contributed by atoms with Gasteiger partial charge < -0.3 is 10.2 Å². The van der Waals surface area contributed by atoms with Gasteiger partial charge in [-0.1, -0.05) is 18.2 Å². The maximum absolute atomic E-state index is 13.4. The summed E-state index contributed by atoms with van der Waals surface area (Å²) in [6, 6.07) is 3.31. The maximum Gasteiger partial charge on any atom is 0.332 e. The van der Waals surface area contributed by atoms with Gasteiger partial charge in [0.1, 0.15) is 5.82 Å². The Balaban J connectivity index is 2.85. The van der Waals surface area contributed by atoms with Crippen molar-refractivity contribution < 1.29 is 24.2 Å². The van der Waals surface area contributed by atoms with Crippen LogP contribution in [0.15, 0.2) is 24.3 Å². The molecule has 17 heavy (non-hydrogen) atoms. The standard InChI is InChI=1S/C11H12FNO4/c1-6(7-4-2-3-5-8(7)12)13-9(10(14)15)11(16)17/h2-6,9,13H,1H3,(H,14,15)(H,16,17). The zero-order valence-corrected chi connectivity index (χ0v) is 9.05. The van der Waals surface area contributed by atoms with E-state index >= 15 is 0 Å². The second-order valence-corrected chi connectivity index (χ2v) is 3.52. The average molecular weight is 241 g/mol. The van der Waals surface area contributed by atoms with Gasteiger partial charge in [0.25, 0.3) is 0 Å². The Bertz CT molecular complexity index is 421. The van der Waals surface area contributed by atoms with E-state index in [0.29, 0.717) is 0 Å². The Morgan fingerprint density at radius 3 is 2.24 bits per heavy atom. The topological polar surface area (TPSA) is 86.6 Å². The molecule has 0 aliphatic rings. The second kappa shape index (κ2) is 5.40. The first-order valence-electron chi connectivity index (χ1n) is 4.89. The fourth-order valence-electron chi connectivity index (χ4n) is 1.41. The molecule has 0 amide bonds. The van der Waals surface area contributed by atoms with Gasteiger partial charge in [-0.2, -0.15) is 0 Å². The lowest BCUT2D eigenvalue weighted by Gasteiger charge is -2.17. The van der Waals surface area contributed by atoms with Crippen molar-refractivity contribution in [2.45, 2.75) is 19.0 Å². The minimum absolute atomic E-state index is 0.222. The van der Waals surface area contributed by atoms with Crippen LogP contribution in [0.3, 0.4) is 0 Å². The fourth-order valence-corrected chi connectivity index (χ4v) is 1.41.